The van der Waals surface area contributed by atoms with Gasteiger partial charge in [-0.2, -0.15) is 0 Å². The summed E-state index contributed by atoms with van der Waals surface area (Å²) in [5, 5.41) is 4.88. The Morgan fingerprint density at radius 3 is 2.57 bits per heavy atom. The number of nitrogens with one attached hydrogen (secondary N) is 1. The van der Waals surface area contributed by atoms with E-state index in [0.29, 0.717) is 0 Å². The van der Waals surface area contributed by atoms with Gasteiger partial charge in [0.05, 0.1) is 11.7 Å². The first-order valence-electron chi connectivity index (χ1n) is 7.83. The first-order valence-corrected chi connectivity index (χ1v) is 8.65. The van der Waals surface area contributed by atoms with Crippen LogP contribution in [0.1, 0.15) is 58.6 Å². The molecule has 1 aromatic carbocycles. The maximum Gasteiger partial charge on any atom is 0.115 e. The molecule has 2 nitrogen and oxygen atoms in total. The van der Waals surface area contributed by atoms with Gasteiger partial charge in [-0.25, -0.2) is 4.98 Å². The third-order valence-electron chi connectivity index (χ3n) is 3.84. The first-order chi connectivity index (χ1) is 10.1. The minimum Gasteiger partial charge on any atom is -0.304 e. The predicted octanol–water partition coefficient (Wildman–Crippen LogP) is 4.72. The van der Waals surface area contributed by atoms with Crippen molar-refractivity contribution in [3.63, 3.8) is 0 Å². The summed E-state index contributed by atoms with van der Waals surface area (Å²) in [6, 6.07) is 6.91. The van der Waals surface area contributed by atoms with E-state index in [4.69, 9.17) is 4.98 Å². The minimum atomic E-state index is 0.217. The highest BCUT2D eigenvalue weighted by atomic mass is 32.1. The molecule has 0 radical (unpaired) electrons. The van der Waals surface area contributed by atoms with Crippen LogP contribution in [0.2, 0.25) is 0 Å². The molecule has 114 valence electrons. The van der Waals surface area contributed by atoms with Gasteiger partial charge in [0.15, 0.2) is 0 Å². The van der Waals surface area contributed by atoms with E-state index in [1.165, 1.54) is 32.3 Å². The lowest BCUT2D eigenvalue weighted by molar-refractivity contribution is 0.592. The van der Waals surface area contributed by atoms with Gasteiger partial charge in [-0.05, 0) is 51.3 Å². The van der Waals surface area contributed by atoms with Gasteiger partial charge in [0.25, 0.3) is 0 Å². The standard InChI is InChI=1S/C18H26N2S/c1-6-10-19-17(15-11-12(3)8-9-13(15)4)18-20-16(7-2)14(5)21-18/h8-9,11,17,19H,6-7,10H2,1-5H3. The smallest absolute Gasteiger partial charge is 0.115 e. The minimum absolute atomic E-state index is 0.217. The largest absolute Gasteiger partial charge is 0.304 e. The molecule has 1 heterocycles. The average Bonchev–Trinajstić information content (AvgIpc) is 2.84. The summed E-state index contributed by atoms with van der Waals surface area (Å²) in [7, 11) is 0. The Labute approximate surface area is 132 Å². The third-order valence-corrected chi connectivity index (χ3v) is 4.91. The zero-order valence-electron chi connectivity index (χ0n) is 13.8. The normalized spacial score (nSPS) is 12.6. The van der Waals surface area contributed by atoms with E-state index in [2.05, 4.69) is 58.1 Å². The van der Waals surface area contributed by atoms with E-state index in [-0.39, 0.29) is 6.04 Å². The molecule has 0 aliphatic rings. The summed E-state index contributed by atoms with van der Waals surface area (Å²) in [6.07, 6.45) is 2.14. The Hall–Kier alpha value is -1.19. The Bertz CT molecular complexity index is 601. The summed E-state index contributed by atoms with van der Waals surface area (Å²) >= 11 is 1.83. The van der Waals surface area contributed by atoms with Crippen LogP contribution in [0.15, 0.2) is 18.2 Å². The number of hydrogen-bond donors (Lipinski definition) is 1. The zero-order chi connectivity index (χ0) is 15.4. The highest BCUT2D eigenvalue weighted by Gasteiger charge is 2.20. The number of rotatable bonds is 6. The second-order valence-electron chi connectivity index (χ2n) is 5.66. The molecule has 3 heteroatoms. The molecule has 21 heavy (non-hydrogen) atoms. The van der Waals surface area contributed by atoms with Crippen molar-refractivity contribution < 1.29 is 0 Å². The monoisotopic (exact) mass is 302 g/mol. The van der Waals surface area contributed by atoms with E-state index in [1.807, 2.05) is 11.3 Å². The van der Waals surface area contributed by atoms with Gasteiger partial charge in [0.2, 0.25) is 0 Å². The van der Waals surface area contributed by atoms with Crippen LogP contribution in [0.5, 0.6) is 0 Å². The van der Waals surface area contributed by atoms with E-state index >= 15 is 0 Å². The molecule has 1 aromatic heterocycles. The number of benzene rings is 1. The van der Waals surface area contributed by atoms with Gasteiger partial charge in [-0.15, -0.1) is 11.3 Å². The highest BCUT2D eigenvalue weighted by molar-refractivity contribution is 7.11. The second-order valence-corrected chi connectivity index (χ2v) is 6.89. The number of aromatic nitrogens is 1. The molecule has 0 fully saturated rings. The molecule has 0 bridgehead atoms. The molecular formula is C18H26N2S. The summed E-state index contributed by atoms with van der Waals surface area (Å²) in [6.45, 7) is 11.9. The molecule has 0 aliphatic heterocycles. The molecule has 0 amide bonds. The Balaban J connectivity index is 2.44. The van der Waals surface area contributed by atoms with E-state index in [0.717, 1.165) is 19.4 Å². The fourth-order valence-corrected chi connectivity index (χ4v) is 3.70. The van der Waals surface area contributed by atoms with Crippen molar-refractivity contribution in [2.45, 2.75) is 53.5 Å². The fraction of sp³-hybridized carbons (Fsp3) is 0.500. The summed E-state index contributed by atoms with van der Waals surface area (Å²) in [5.74, 6) is 0. The third kappa shape index (κ3) is 3.72. The molecule has 2 rings (SSSR count). The Morgan fingerprint density at radius 1 is 1.19 bits per heavy atom. The second kappa shape index (κ2) is 7.19. The lowest BCUT2D eigenvalue weighted by Crippen LogP contribution is -2.24. The van der Waals surface area contributed by atoms with Crippen molar-refractivity contribution in [1.29, 1.82) is 0 Å². The molecule has 2 aromatic rings. The van der Waals surface area contributed by atoms with Crippen LogP contribution in [-0.4, -0.2) is 11.5 Å². The van der Waals surface area contributed by atoms with Crippen LogP contribution < -0.4 is 5.32 Å². The molecule has 1 N–H and O–H groups in total. The molecule has 0 saturated heterocycles. The van der Waals surface area contributed by atoms with Crippen LogP contribution in [0.25, 0.3) is 0 Å². The average molecular weight is 302 g/mol. The zero-order valence-corrected chi connectivity index (χ0v) is 14.6. The lowest BCUT2D eigenvalue weighted by Gasteiger charge is -2.19. The molecule has 0 aliphatic carbocycles. The highest BCUT2D eigenvalue weighted by Crippen LogP contribution is 2.30. The van der Waals surface area contributed by atoms with Gasteiger partial charge in [-0.1, -0.05) is 37.6 Å². The van der Waals surface area contributed by atoms with E-state index in [9.17, 15) is 0 Å². The quantitative estimate of drug-likeness (QED) is 0.835. The van der Waals surface area contributed by atoms with Crippen LogP contribution in [-0.2, 0) is 6.42 Å². The predicted molar refractivity (Wildman–Crippen MR) is 92.3 cm³/mol. The van der Waals surface area contributed by atoms with Crippen molar-refractivity contribution in [2.24, 2.45) is 0 Å². The topological polar surface area (TPSA) is 24.9 Å². The van der Waals surface area contributed by atoms with Gasteiger partial charge < -0.3 is 5.32 Å². The van der Waals surface area contributed by atoms with Crippen LogP contribution >= 0.6 is 11.3 Å². The number of thiazole rings is 1. The summed E-state index contributed by atoms with van der Waals surface area (Å²) in [4.78, 5) is 6.23. The van der Waals surface area contributed by atoms with E-state index < -0.39 is 0 Å². The number of aryl methyl sites for hydroxylation is 4. The maximum absolute atomic E-state index is 4.88. The van der Waals surface area contributed by atoms with E-state index in [1.54, 1.807) is 0 Å². The van der Waals surface area contributed by atoms with Crippen LogP contribution in [0.4, 0.5) is 0 Å². The van der Waals surface area contributed by atoms with Crippen molar-refractivity contribution in [2.75, 3.05) is 6.54 Å². The van der Waals surface area contributed by atoms with Crippen LogP contribution in [0, 0.1) is 20.8 Å². The van der Waals surface area contributed by atoms with Crippen molar-refractivity contribution in [3.05, 3.63) is 50.5 Å². The molecular weight excluding hydrogens is 276 g/mol. The van der Waals surface area contributed by atoms with Crippen molar-refractivity contribution >= 4 is 11.3 Å². The maximum atomic E-state index is 4.88. The molecule has 0 spiro atoms. The van der Waals surface area contributed by atoms with Crippen LogP contribution in [0.3, 0.4) is 0 Å². The molecule has 1 unspecified atom stereocenters. The molecule has 0 saturated carbocycles. The Kier molecular flexibility index (Phi) is 5.54. The number of nitrogens with zero attached hydrogens (tertiary/aromatic N) is 1. The number of hydrogen-bond acceptors (Lipinski definition) is 3. The SMILES string of the molecule is CCCNC(c1nc(CC)c(C)s1)c1cc(C)ccc1C. The van der Waals surface area contributed by atoms with Crippen molar-refractivity contribution in [1.82, 2.24) is 10.3 Å². The van der Waals surface area contributed by atoms with Gasteiger partial charge in [-0.3, -0.25) is 0 Å². The first kappa shape index (κ1) is 16.2. The lowest BCUT2D eigenvalue weighted by atomic mass is 9.99. The Morgan fingerprint density at radius 2 is 1.95 bits per heavy atom. The van der Waals surface area contributed by atoms with Gasteiger partial charge in [0, 0.05) is 4.88 Å². The molecule has 1 atom stereocenters. The summed E-state index contributed by atoms with van der Waals surface area (Å²) in [5.41, 5.74) is 5.24. The van der Waals surface area contributed by atoms with Gasteiger partial charge in [0.1, 0.15) is 5.01 Å². The summed E-state index contributed by atoms with van der Waals surface area (Å²) < 4.78 is 0. The van der Waals surface area contributed by atoms with Crippen molar-refractivity contribution in [3.8, 4) is 0 Å². The fourth-order valence-electron chi connectivity index (χ4n) is 2.59. The van der Waals surface area contributed by atoms with Gasteiger partial charge >= 0.3 is 0 Å².